The monoisotopic (exact) mass is 443 g/mol. The number of hydrogen-bond acceptors (Lipinski definition) is 7. The van der Waals surface area contributed by atoms with Gasteiger partial charge in [-0.25, -0.2) is 4.79 Å². The summed E-state index contributed by atoms with van der Waals surface area (Å²) < 4.78 is 15.9. The molecule has 2 aromatic rings. The van der Waals surface area contributed by atoms with Crippen LogP contribution in [-0.4, -0.2) is 67.0 Å². The van der Waals surface area contributed by atoms with E-state index in [-0.39, 0.29) is 18.2 Å². The van der Waals surface area contributed by atoms with E-state index in [2.05, 4.69) is 10.3 Å². The minimum absolute atomic E-state index is 0.0282. The van der Waals surface area contributed by atoms with E-state index in [1.165, 1.54) is 7.11 Å². The molecule has 0 bridgehead atoms. The van der Waals surface area contributed by atoms with Crippen LogP contribution in [0.15, 0.2) is 18.2 Å². The van der Waals surface area contributed by atoms with Crippen molar-refractivity contribution in [1.29, 1.82) is 0 Å². The molecule has 3 rings (SSSR count). The van der Waals surface area contributed by atoms with Crippen molar-refractivity contribution in [2.24, 2.45) is 0 Å². The molecule has 32 heavy (non-hydrogen) atoms. The fourth-order valence-electron chi connectivity index (χ4n) is 3.81. The Morgan fingerprint density at radius 2 is 1.88 bits per heavy atom. The number of carbonyl (C=O) groups is 3. The number of likely N-dealkylation sites (N-methyl/N-ethyl adjacent to an activating group) is 1. The maximum Gasteiger partial charge on any atom is 0.339 e. The van der Waals surface area contributed by atoms with Gasteiger partial charge in [0.05, 0.1) is 31.0 Å². The van der Waals surface area contributed by atoms with E-state index < -0.39 is 12.0 Å². The zero-order chi connectivity index (χ0) is 23.4. The normalized spacial score (nSPS) is 13.6. The molecule has 2 N–H and O–H groups in total. The lowest BCUT2D eigenvalue weighted by atomic mass is 10.0. The van der Waals surface area contributed by atoms with Crippen molar-refractivity contribution in [2.45, 2.75) is 33.7 Å². The van der Waals surface area contributed by atoms with Gasteiger partial charge in [0.25, 0.3) is 0 Å². The van der Waals surface area contributed by atoms with Gasteiger partial charge in [-0.05, 0) is 45.0 Å². The Labute approximate surface area is 187 Å². The zero-order valence-electron chi connectivity index (χ0n) is 19.0. The Morgan fingerprint density at radius 1 is 1.19 bits per heavy atom. The van der Waals surface area contributed by atoms with Crippen molar-refractivity contribution < 1.29 is 28.6 Å². The van der Waals surface area contributed by atoms with E-state index in [9.17, 15) is 14.4 Å². The Hall–Kier alpha value is -3.33. The van der Waals surface area contributed by atoms with Gasteiger partial charge in [0, 0.05) is 17.4 Å². The van der Waals surface area contributed by atoms with Gasteiger partial charge in [0.15, 0.2) is 17.3 Å². The lowest BCUT2D eigenvalue weighted by Gasteiger charge is -2.26. The number of hydrogen-bond donors (Lipinski definition) is 2. The number of Topliss-reactive ketones (excluding diaryl/α,β-unsaturated/α-hetero) is 1. The first kappa shape index (κ1) is 23.3. The van der Waals surface area contributed by atoms with Crippen molar-refractivity contribution in [3.63, 3.8) is 0 Å². The van der Waals surface area contributed by atoms with Crippen LogP contribution >= 0.6 is 0 Å². The number of nitrogens with zero attached hydrogens (tertiary/aromatic N) is 1. The standard InChI is InChI=1S/C23H29N3O6/c1-6-26(12-19(27)25-16-7-8-17-18(11-16)32-10-9-31-17)15(4)22(28)21-13(2)20(14(3)24-21)23(29)30-5/h7-8,11,15,24H,6,9-10,12H2,1-5H3,(H,25,27)/t15-/m0/s1. The molecule has 0 unspecified atom stereocenters. The van der Waals surface area contributed by atoms with Crippen molar-refractivity contribution >= 4 is 23.3 Å². The number of benzene rings is 1. The third-order valence-corrected chi connectivity index (χ3v) is 5.58. The van der Waals surface area contributed by atoms with Crippen LogP contribution in [-0.2, 0) is 9.53 Å². The van der Waals surface area contributed by atoms with Gasteiger partial charge in [0.1, 0.15) is 13.2 Å². The summed E-state index contributed by atoms with van der Waals surface area (Å²) in [5, 5.41) is 2.84. The van der Waals surface area contributed by atoms with Crippen LogP contribution in [0, 0.1) is 13.8 Å². The van der Waals surface area contributed by atoms with Crippen molar-refractivity contribution in [3.05, 3.63) is 40.7 Å². The van der Waals surface area contributed by atoms with Gasteiger partial charge in [-0.15, -0.1) is 0 Å². The van der Waals surface area contributed by atoms with E-state index in [1.54, 1.807) is 43.9 Å². The van der Waals surface area contributed by atoms with Gasteiger partial charge < -0.3 is 24.5 Å². The Bertz CT molecular complexity index is 1030. The summed E-state index contributed by atoms with van der Waals surface area (Å²) in [6, 6.07) is 4.64. The number of ketones is 1. The smallest absolute Gasteiger partial charge is 0.339 e. The molecule has 0 radical (unpaired) electrons. The van der Waals surface area contributed by atoms with Crippen LogP contribution in [0.5, 0.6) is 11.5 Å². The molecule has 1 aromatic carbocycles. The number of aromatic nitrogens is 1. The number of esters is 1. The van der Waals surface area contributed by atoms with Crippen molar-refractivity contribution in [1.82, 2.24) is 9.88 Å². The van der Waals surface area contributed by atoms with Crippen molar-refractivity contribution in [3.8, 4) is 11.5 Å². The second kappa shape index (κ2) is 9.86. The molecule has 0 saturated carbocycles. The second-order valence-electron chi connectivity index (χ2n) is 7.63. The molecule has 1 aromatic heterocycles. The topological polar surface area (TPSA) is 110 Å². The highest BCUT2D eigenvalue weighted by Crippen LogP contribution is 2.32. The van der Waals surface area contributed by atoms with E-state index >= 15 is 0 Å². The van der Waals surface area contributed by atoms with Gasteiger partial charge in [0.2, 0.25) is 5.91 Å². The molecule has 1 aliphatic rings. The van der Waals surface area contributed by atoms with Gasteiger partial charge in [-0.2, -0.15) is 0 Å². The van der Waals surface area contributed by atoms with Crippen LogP contribution in [0.4, 0.5) is 5.69 Å². The third-order valence-electron chi connectivity index (χ3n) is 5.58. The highest BCUT2D eigenvalue weighted by atomic mass is 16.6. The molecule has 9 nitrogen and oxygen atoms in total. The molecular weight excluding hydrogens is 414 g/mol. The van der Waals surface area contributed by atoms with Crippen LogP contribution in [0.1, 0.15) is 46.0 Å². The van der Waals surface area contributed by atoms with E-state index in [1.807, 2.05) is 6.92 Å². The first-order valence-electron chi connectivity index (χ1n) is 10.5. The molecule has 1 aliphatic heterocycles. The number of carbonyl (C=O) groups excluding carboxylic acids is 3. The van der Waals surface area contributed by atoms with Crippen LogP contribution < -0.4 is 14.8 Å². The third kappa shape index (κ3) is 4.77. The lowest BCUT2D eigenvalue weighted by molar-refractivity contribution is -0.117. The first-order valence-corrected chi connectivity index (χ1v) is 10.5. The molecule has 0 aliphatic carbocycles. The SMILES string of the molecule is CCN(CC(=O)Nc1ccc2c(c1)OCCO2)[C@@H](C)C(=O)c1[nH]c(C)c(C(=O)OC)c1C. The summed E-state index contributed by atoms with van der Waals surface area (Å²) in [6.07, 6.45) is 0. The summed E-state index contributed by atoms with van der Waals surface area (Å²) in [4.78, 5) is 42.6. The molecular formula is C23H29N3O6. The number of fused-ring (bicyclic) bond motifs is 1. The average molecular weight is 444 g/mol. The quantitative estimate of drug-likeness (QED) is 0.477. The summed E-state index contributed by atoms with van der Waals surface area (Å²) in [7, 11) is 1.30. The van der Waals surface area contributed by atoms with E-state index in [0.29, 0.717) is 59.5 Å². The number of ether oxygens (including phenoxy) is 3. The minimum atomic E-state index is -0.576. The number of anilines is 1. The Kier molecular flexibility index (Phi) is 7.19. The molecule has 9 heteroatoms. The lowest BCUT2D eigenvalue weighted by Crippen LogP contribution is -2.43. The number of aryl methyl sites for hydroxylation is 1. The van der Waals surface area contributed by atoms with Crippen molar-refractivity contribution in [2.75, 3.05) is 38.7 Å². The number of amides is 1. The fourth-order valence-corrected chi connectivity index (χ4v) is 3.81. The summed E-state index contributed by atoms with van der Waals surface area (Å²) in [5.74, 6) is 0.289. The van der Waals surface area contributed by atoms with Gasteiger partial charge in [-0.3, -0.25) is 14.5 Å². The van der Waals surface area contributed by atoms with Gasteiger partial charge >= 0.3 is 5.97 Å². The Morgan fingerprint density at radius 3 is 2.53 bits per heavy atom. The number of rotatable bonds is 8. The van der Waals surface area contributed by atoms with Crippen LogP contribution in [0.25, 0.3) is 0 Å². The average Bonchev–Trinajstić information content (AvgIpc) is 3.09. The Balaban J connectivity index is 1.69. The molecule has 1 amide bonds. The number of aromatic amines is 1. The number of H-pyrrole nitrogens is 1. The van der Waals surface area contributed by atoms with E-state index in [0.717, 1.165) is 0 Å². The van der Waals surface area contributed by atoms with Crippen LogP contribution in [0.2, 0.25) is 0 Å². The molecule has 0 fully saturated rings. The maximum atomic E-state index is 13.2. The molecule has 2 heterocycles. The summed E-state index contributed by atoms with van der Waals surface area (Å²) in [6.45, 7) is 8.54. The minimum Gasteiger partial charge on any atom is -0.486 e. The summed E-state index contributed by atoms with van der Waals surface area (Å²) in [5.41, 5.74) is 2.42. The summed E-state index contributed by atoms with van der Waals surface area (Å²) >= 11 is 0. The predicted molar refractivity (Wildman–Crippen MR) is 119 cm³/mol. The highest BCUT2D eigenvalue weighted by Gasteiger charge is 2.29. The first-order chi connectivity index (χ1) is 15.3. The highest BCUT2D eigenvalue weighted by molar-refractivity contribution is 6.04. The fraction of sp³-hybridized carbons (Fsp3) is 0.435. The molecule has 172 valence electrons. The largest absolute Gasteiger partial charge is 0.486 e. The predicted octanol–water partition coefficient (Wildman–Crippen LogP) is 2.72. The van der Waals surface area contributed by atoms with E-state index in [4.69, 9.17) is 14.2 Å². The molecule has 0 spiro atoms. The zero-order valence-corrected chi connectivity index (χ0v) is 19.0. The maximum absolute atomic E-state index is 13.2. The van der Waals surface area contributed by atoms with Gasteiger partial charge in [-0.1, -0.05) is 6.92 Å². The molecule has 1 atom stereocenters. The number of methoxy groups -OCH3 is 1. The molecule has 0 saturated heterocycles. The second-order valence-corrected chi connectivity index (χ2v) is 7.63. The van der Waals surface area contributed by atoms with Crippen LogP contribution in [0.3, 0.4) is 0 Å². The number of nitrogens with one attached hydrogen (secondary N) is 2.